The van der Waals surface area contributed by atoms with Gasteiger partial charge in [-0.05, 0) is 60.7 Å². The number of benzene rings is 3. The fourth-order valence-electron chi connectivity index (χ4n) is 3.30. The van der Waals surface area contributed by atoms with Gasteiger partial charge in [-0.25, -0.2) is 14.2 Å². The van der Waals surface area contributed by atoms with Gasteiger partial charge in [-0.3, -0.25) is 4.79 Å². The fraction of sp³-hybridized carbons (Fsp3) is 0.0769. The molecule has 12 heteroatoms. The number of aromatic nitrogens is 2. The maximum atomic E-state index is 13.8. The average Bonchev–Trinajstić information content (AvgIpc) is 2.89. The van der Waals surface area contributed by atoms with Crippen LogP contribution in [0.5, 0.6) is 0 Å². The van der Waals surface area contributed by atoms with Crippen molar-refractivity contribution < 1.29 is 31.9 Å². The van der Waals surface area contributed by atoms with Crippen molar-refractivity contribution in [3.05, 3.63) is 102 Å². The summed E-state index contributed by atoms with van der Waals surface area (Å²) in [5.74, 6) is -2.53. The minimum atomic E-state index is -4.74. The number of methoxy groups -OCH3 is 1. The number of esters is 1. The second-order valence-corrected chi connectivity index (χ2v) is 7.78. The van der Waals surface area contributed by atoms with Crippen molar-refractivity contribution in [2.45, 2.75) is 6.18 Å². The number of hydrogen-bond donors (Lipinski definition) is 3. The van der Waals surface area contributed by atoms with Crippen LogP contribution in [-0.4, -0.2) is 29.0 Å². The summed E-state index contributed by atoms with van der Waals surface area (Å²) in [4.78, 5) is 31.6. The Bertz CT molecular complexity index is 1460. The first kappa shape index (κ1) is 26.1. The molecule has 0 saturated carbocycles. The molecule has 4 rings (SSSR count). The largest absolute Gasteiger partial charge is 0.465 e. The molecule has 4 aromatic rings. The Balaban J connectivity index is 1.52. The SMILES string of the molecule is COC(=O)c1ccc(Nc2ncc(C(F)(F)F)c(Nc3ccc(NC(=O)c4ccccc4F)cc3)n2)cc1. The van der Waals surface area contributed by atoms with Gasteiger partial charge < -0.3 is 20.7 Å². The molecule has 0 aliphatic rings. The van der Waals surface area contributed by atoms with Crippen LogP contribution >= 0.6 is 0 Å². The van der Waals surface area contributed by atoms with Crippen molar-refractivity contribution in [3.8, 4) is 0 Å². The van der Waals surface area contributed by atoms with Gasteiger partial charge in [-0.2, -0.15) is 18.2 Å². The van der Waals surface area contributed by atoms with Crippen molar-refractivity contribution in [2.24, 2.45) is 0 Å². The number of halogens is 4. The second kappa shape index (κ2) is 10.9. The molecule has 3 N–H and O–H groups in total. The van der Waals surface area contributed by atoms with E-state index >= 15 is 0 Å². The molecule has 38 heavy (non-hydrogen) atoms. The van der Waals surface area contributed by atoms with Crippen molar-refractivity contribution >= 4 is 40.7 Å². The van der Waals surface area contributed by atoms with E-state index in [1.807, 2.05) is 0 Å². The Hall–Kier alpha value is -5.00. The van der Waals surface area contributed by atoms with E-state index in [9.17, 15) is 27.2 Å². The molecule has 1 heterocycles. The van der Waals surface area contributed by atoms with E-state index in [0.29, 0.717) is 23.1 Å². The Morgan fingerprint density at radius 2 is 1.45 bits per heavy atom. The van der Waals surface area contributed by atoms with Crippen LogP contribution < -0.4 is 16.0 Å². The molecule has 0 atom stereocenters. The Kier molecular flexibility index (Phi) is 7.51. The van der Waals surface area contributed by atoms with Crippen molar-refractivity contribution in [1.29, 1.82) is 0 Å². The van der Waals surface area contributed by atoms with Crippen LogP contribution in [0.15, 0.2) is 79.0 Å². The topological polar surface area (TPSA) is 105 Å². The molecule has 8 nitrogen and oxygen atoms in total. The van der Waals surface area contributed by atoms with E-state index in [0.717, 1.165) is 6.07 Å². The smallest absolute Gasteiger partial charge is 0.421 e. The third-order valence-electron chi connectivity index (χ3n) is 5.18. The summed E-state index contributed by atoms with van der Waals surface area (Å²) in [6.07, 6.45) is -4.10. The third kappa shape index (κ3) is 6.22. The molecule has 1 amide bonds. The number of nitrogens with one attached hydrogen (secondary N) is 3. The number of hydrogen-bond acceptors (Lipinski definition) is 7. The van der Waals surface area contributed by atoms with Crippen LogP contribution in [0.4, 0.5) is 46.4 Å². The van der Waals surface area contributed by atoms with Crippen molar-refractivity contribution in [3.63, 3.8) is 0 Å². The average molecular weight is 525 g/mol. The van der Waals surface area contributed by atoms with Gasteiger partial charge in [0.25, 0.3) is 5.91 Å². The predicted molar refractivity (Wildman–Crippen MR) is 132 cm³/mol. The number of amides is 1. The van der Waals surface area contributed by atoms with Gasteiger partial charge in [-0.1, -0.05) is 12.1 Å². The lowest BCUT2D eigenvalue weighted by Gasteiger charge is -2.15. The summed E-state index contributed by atoms with van der Waals surface area (Å²) >= 11 is 0. The number of ether oxygens (including phenoxy) is 1. The van der Waals surface area contributed by atoms with Crippen LogP contribution in [-0.2, 0) is 10.9 Å². The number of nitrogens with zero attached hydrogens (tertiary/aromatic N) is 2. The van der Waals surface area contributed by atoms with E-state index in [1.54, 1.807) is 0 Å². The first-order valence-electron chi connectivity index (χ1n) is 11.0. The van der Waals surface area contributed by atoms with E-state index in [2.05, 4.69) is 30.7 Å². The minimum Gasteiger partial charge on any atom is -0.465 e. The van der Waals surface area contributed by atoms with Gasteiger partial charge in [0, 0.05) is 23.3 Å². The van der Waals surface area contributed by atoms with Crippen LogP contribution in [0.25, 0.3) is 0 Å². The summed E-state index contributed by atoms with van der Waals surface area (Å²) in [7, 11) is 1.24. The lowest BCUT2D eigenvalue weighted by atomic mass is 10.2. The van der Waals surface area contributed by atoms with Gasteiger partial charge in [0.1, 0.15) is 17.2 Å². The summed E-state index contributed by atoms with van der Waals surface area (Å²) in [5.41, 5.74) is 0.0267. The van der Waals surface area contributed by atoms with Gasteiger partial charge in [0.2, 0.25) is 5.95 Å². The van der Waals surface area contributed by atoms with Crippen LogP contribution in [0.2, 0.25) is 0 Å². The predicted octanol–water partition coefficient (Wildman–Crippen LogP) is 6.16. The fourth-order valence-corrected chi connectivity index (χ4v) is 3.30. The molecule has 1 aromatic heterocycles. The highest BCUT2D eigenvalue weighted by Crippen LogP contribution is 2.35. The molecule has 194 valence electrons. The lowest BCUT2D eigenvalue weighted by Crippen LogP contribution is -2.14. The van der Waals surface area contributed by atoms with Crippen molar-refractivity contribution in [1.82, 2.24) is 9.97 Å². The zero-order chi connectivity index (χ0) is 27.3. The number of alkyl halides is 3. The Morgan fingerprint density at radius 1 is 0.842 bits per heavy atom. The minimum absolute atomic E-state index is 0.125. The van der Waals surface area contributed by atoms with E-state index in [1.165, 1.54) is 73.8 Å². The third-order valence-corrected chi connectivity index (χ3v) is 5.18. The first-order chi connectivity index (χ1) is 18.1. The molecule has 0 aliphatic carbocycles. The van der Waals surface area contributed by atoms with Gasteiger partial charge in [0.05, 0.1) is 18.2 Å². The van der Waals surface area contributed by atoms with E-state index in [-0.39, 0.29) is 17.2 Å². The number of carbonyl (C=O) groups excluding carboxylic acids is 2. The maximum absolute atomic E-state index is 13.8. The zero-order valence-corrected chi connectivity index (χ0v) is 19.6. The molecule has 0 radical (unpaired) electrons. The van der Waals surface area contributed by atoms with Gasteiger partial charge >= 0.3 is 12.1 Å². The molecule has 0 aliphatic heterocycles. The number of rotatable bonds is 7. The van der Waals surface area contributed by atoms with E-state index in [4.69, 9.17) is 0 Å². The highest BCUT2D eigenvalue weighted by atomic mass is 19.4. The lowest BCUT2D eigenvalue weighted by molar-refractivity contribution is -0.137. The summed E-state index contributed by atoms with van der Waals surface area (Å²) in [6.45, 7) is 0. The molecule has 0 spiro atoms. The zero-order valence-electron chi connectivity index (χ0n) is 19.6. The Morgan fingerprint density at radius 3 is 2.08 bits per heavy atom. The highest BCUT2D eigenvalue weighted by Gasteiger charge is 2.35. The molecular weight excluding hydrogens is 506 g/mol. The molecular formula is C26H19F4N5O3. The molecule has 0 fully saturated rings. The van der Waals surface area contributed by atoms with Crippen molar-refractivity contribution in [2.75, 3.05) is 23.1 Å². The molecule has 0 unspecified atom stereocenters. The normalized spacial score (nSPS) is 11.0. The first-order valence-corrected chi connectivity index (χ1v) is 11.0. The van der Waals surface area contributed by atoms with Gasteiger partial charge in [-0.15, -0.1) is 0 Å². The maximum Gasteiger partial charge on any atom is 0.421 e. The summed E-state index contributed by atoms with van der Waals surface area (Å²) < 4.78 is 59.3. The summed E-state index contributed by atoms with van der Waals surface area (Å²) in [5, 5.41) is 7.92. The monoisotopic (exact) mass is 525 g/mol. The van der Waals surface area contributed by atoms with Crippen LogP contribution in [0.1, 0.15) is 26.3 Å². The number of anilines is 5. The molecule has 0 saturated heterocycles. The second-order valence-electron chi connectivity index (χ2n) is 7.78. The van der Waals surface area contributed by atoms with Gasteiger partial charge in [0.15, 0.2) is 0 Å². The quantitative estimate of drug-likeness (QED) is 0.196. The van der Waals surface area contributed by atoms with E-state index < -0.39 is 35.3 Å². The Labute approximate surface area is 213 Å². The summed E-state index contributed by atoms with van der Waals surface area (Å²) in [6, 6.07) is 17.2. The standard InChI is InChI=1S/C26H19F4N5O3/c1-38-24(37)15-6-8-18(9-7-15)34-25-31-14-20(26(28,29)30)22(35-25)32-16-10-12-17(13-11-16)33-23(36)19-4-2-3-5-21(19)27/h2-14H,1H3,(H,33,36)(H2,31,32,34,35). The number of carbonyl (C=O) groups is 2. The van der Waals surface area contributed by atoms with Crippen LogP contribution in [0, 0.1) is 5.82 Å². The molecule has 3 aromatic carbocycles. The highest BCUT2D eigenvalue weighted by molar-refractivity contribution is 6.04. The molecule has 0 bridgehead atoms. The van der Waals surface area contributed by atoms with Crippen LogP contribution in [0.3, 0.4) is 0 Å².